The molecule has 0 aliphatic carbocycles. The predicted molar refractivity (Wildman–Crippen MR) is 53.7 cm³/mol. The van der Waals surface area contributed by atoms with E-state index in [4.69, 9.17) is 16.3 Å². The fourth-order valence-corrected chi connectivity index (χ4v) is 1.31. The number of carbonyl (C=O) groups is 1. The summed E-state index contributed by atoms with van der Waals surface area (Å²) >= 11 is 5.79. The van der Waals surface area contributed by atoms with E-state index in [0.717, 1.165) is 5.56 Å². The van der Waals surface area contributed by atoms with Crippen molar-refractivity contribution in [2.45, 2.75) is 6.42 Å². The molecular formula is C10H11ClO3. The second-order valence-corrected chi connectivity index (χ2v) is 3.15. The molecule has 0 heterocycles. The lowest BCUT2D eigenvalue weighted by molar-refractivity contribution is -0.139. The van der Waals surface area contributed by atoms with Crippen LogP contribution >= 0.6 is 11.6 Å². The molecule has 0 aliphatic rings. The maximum Gasteiger partial charge on any atom is 0.310 e. The summed E-state index contributed by atoms with van der Waals surface area (Å²) in [6.45, 7) is 0. The van der Waals surface area contributed by atoms with E-state index in [1.54, 1.807) is 25.3 Å². The SMILES string of the molecule is COC(=O)Cc1cc(Cl)ccc1OC. The van der Waals surface area contributed by atoms with Crippen molar-refractivity contribution in [3.8, 4) is 5.75 Å². The maximum atomic E-state index is 11.0. The Balaban J connectivity index is 2.93. The van der Waals surface area contributed by atoms with Crippen LogP contribution < -0.4 is 4.74 Å². The predicted octanol–water partition coefficient (Wildman–Crippen LogP) is 2.06. The van der Waals surface area contributed by atoms with Gasteiger partial charge in [-0.3, -0.25) is 4.79 Å². The lowest BCUT2D eigenvalue weighted by Crippen LogP contribution is -2.05. The van der Waals surface area contributed by atoms with Gasteiger partial charge in [0.2, 0.25) is 0 Å². The minimum absolute atomic E-state index is 0.167. The van der Waals surface area contributed by atoms with Crippen molar-refractivity contribution in [2.24, 2.45) is 0 Å². The first kappa shape index (κ1) is 10.9. The van der Waals surface area contributed by atoms with Crippen LogP contribution in [-0.4, -0.2) is 20.2 Å². The van der Waals surface area contributed by atoms with Crippen LogP contribution in [0.4, 0.5) is 0 Å². The zero-order chi connectivity index (χ0) is 10.6. The topological polar surface area (TPSA) is 35.5 Å². The van der Waals surface area contributed by atoms with Gasteiger partial charge in [-0.15, -0.1) is 0 Å². The molecule has 1 rings (SSSR count). The number of esters is 1. The minimum Gasteiger partial charge on any atom is -0.496 e. The van der Waals surface area contributed by atoms with Gasteiger partial charge in [0.1, 0.15) is 5.75 Å². The molecule has 0 spiro atoms. The molecule has 1 aromatic rings. The van der Waals surface area contributed by atoms with E-state index >= 15 is 0 Å². The zero-order valence-corrected chi connectivity index (χ0v) is 8.80. The van der Waals surface area contributed by atoms with E-state index in [1.807, 2.05) is 0 Å². The smallest absolute Gasteiger partial charge is 0.310 e. The molecular weight excluding hydrogens is 204 g/mol. The molecule has 3 nitrogen and oxygen atoms in total. The molecule has 0 bridgehead atoms. The number of hydrogen-bond acceptors (Lipinski definition) is 3. The number of methoxy groups -OCH3 is 2. The molecule has 0 aliphatic heterocycles. The van der Waals surface area contributed by atoms with Gasteiger partial charge in [-0.05, 0) is 18.2 Å². The summed E-state index contributed by atoms with van der Waals surface area (Å²) < 4.78 is 9.64. The Morgan fingerprint density at radius 1 is 1.43 bits per heavy atom. The molecule has 0 amide bonds. The van der Waals surface area contributed by atoms with Crippen LogP contribution in [0.1, 0.15) is 5.56 Å². The van der Waals surface area contributed by atoms with Crippen LogP contribution in [0.3, 0.4) is 0 Å². The Bertz CT molecular complexity index is 336. The lowest BCUT2D eigenvalue weighted by atomic mass is 10.1. The fourth-order valence-electron chi connectivity index (χ4n) is 1.11. The largest absolute Gasteiger partial charge is 0.496 e. The van der Waals surface area contributed by atoms with Gasteiger partial charge in [0.25, 0.3) is 0 Å². The normalized spacial score (nSPS) is 9.64. The minimum atomic E-state index is -0.314. The standard InChI is InChI=1S/C10H11ClO3/c1-13-9-4-3-8(11)5-7(9)6-10(12)14-2/h3-5H,6H2,1-2H3. The highest BCUT2D eigenvalue weighted by atomic mass is 35.5. The number of carbonyl (C=O) groups excluding carboxylic acids is 1. The molecule has 0 atom stereocenters. The van der Waals surface area contributed by atoms with Crippen LogP contribution in [0.15, 0.2) is 18.2 Å². The number of hydrogen-bond donors (Lipinski definition) is 0. The monoisotopic (exact) mass is 214 g/mol. The lowest BCUT2D eigenvalue weighted by Gasteiger charge is -2.07. The molecule has 0 aromatic heterocycles. The van der Waals surface area contributed by atoms with Crippen molar-refractivity contribution in [1.82, 2.24) is 0 Å². The molecule has 0 radical (unpaired) electrons. The summed E-state index contributed by atoms with van der Waals surface area (Å²) in [7, 11) is 2.89. The molecule has 76 valence electrons. The summed E-state index contributed by atoms with van der Waals surface area (Å²) in [5, 5.41) is 0.574. The van der Waals surface area contributed by atoms with Crippen molar-refractivity contribution < 1.29 is 14.3 Å². The van der Waals surface area contributed by atoms with Gasteiger partial charge in [0.15, 0.2) is 0 Å². The number of benzene rings is 1. The van der Waals surface area contributed by atoms with Crippen molar-refractivity contribution in [3.63, 3.8) is 0 Å². The van der Waals surface area contributed by atoms with Crippen molar-refractivity contribution in [3.05, 3.63) is 28.8 Å². The fraction of sp³-hybridized carbons (Fsp3) is 0.300. The molecule has 4 heteroatoms. The second-order valence-electron chi connectivity index (χ2n) is 2.71. The highest BCUT2D eigenvalue weighted by Gasteiger charge is 2.08. The number of halogens is 1. The van der Waals surface area contributed by atoms with Gasteiger partial charge < -0.3 is 9.47 Å². The van der Waals surface area contributed by atoms with Crippen LogP contribution in [0.25, 0.3) is 0 Å². The summed E-state index contributed by atoms with van der Waals surface area (Å²) in [5.74, 6) is 0.324. The van der Waals surface area contributed by atoms with Gasteiger partial charge in [-0.2, -0.15) is 0 Å². The number of rotatable bonds is 3. The average Bonchev–Trinajstić information content (AvgIpc) is 2.18. The molecule has 0 saturated carbocycles. The summed E-state index contributed by atoms with van der Waals surface area (Å²) in [6.07, 6.45) is 0.167. The quantitative estimate of drug-likeness (QED) is 0.723. The van der Waals surface area contributed by atoms with Crippen LogP contribution in [0.2, 0.25) is 5.02 Å². The Labute approximate surface area is 87.6 Å². The zero-order valence-electron chi connectivity index (χ0n) is 8.04. The molecule has 0 saturated heterocycles. The second kappa shape index (κ2) is 4.86. The van der Waals surface area contributed by atoms with E-state index in [1.165, 1.54) is 7.11 Å². The third-order valence-corrected chi connectivity index (χ3v) is 2.04. The Morgan fingerprint density at radius 2 is 2.14 bits per heavy atom. The first-order valence-electron chi connectivity index (χ1n) is 4.06. The van der Waals surface area contributed by atoms with Gasteiger partial charge in [0, 0.05) is 10.6 Å². The first-order chi connectivity index (χ1) is 6.67. The van der Waals surface area contributed by atoms with Gasteiger partial charge in [-0.25, -0.2) is 0 Å². The van der Waals surface area contributed by atoms with Crippen LogP contribution in [0.5, 0.6) is 5.75 Å². The van der Waals surface area contributed by atoms with E-state index < -0.39 is 0 Å². The Hall–Kier alpha value is -1.22. The highest BCUT2D eigenvalue weighted by Crippen LogP contribution is 2.23. The summed E-state index contributed by atoms with van der Waals surface area (Å²) in [6, 6.07) is 5.12. The van der Waals surface area contributed by atoms with E-state index in [-0.39, 0.29) is 12.4 Å². The molecule has 0 N–H and O–H groups in total. The molecule has 14 heavy (non-hydrogen) atoms. The van der Waals surface area contributed by atoms with Crippen LogP contribution in [0, 0.1) is 0 Å². The van der Waals surface area contributed by atoms with Crippen molar-refractivity contribution in [1.29, 1.82) is 0 Å². The third kappa shape index (κ3) is 2.64. The highest BCUT2D eigenvalue weighted by molar-refractivity contribution is 6.30. The van der Waals surface area contributed by atoms with E-state index in [2.05, 4.69) is 4.74 Å². The van der Waals surface area contributed by atoms with Gasteiger partial charge >= 0.3 is 5.97 Å². The molecule has 0 fully saturated rings. The average molecular weight is 215 g/mol. The molecule has 0 unspecified atom stereocenters. The van der Waals surface area contributed by atoms with Gasteiger partial charge in [-0.1, -0.05) is 11.6 Å². The first-order valence-corrected chi connectivity index (χ1v) is 4.44. The maximum absolute atomic E-state index is 11.0. The van der Waals surface area contributed by atoms with Crippen LogP contribution in [-0.2, 0) is 16.0 Å². The van der Waals surface area contributed by atoms with Gasteiger partial charge in [0.05, 0.1) is 20.6 Å². The Kier molecular flexibility index (Phi) is 3.77. The molecule has 1 aromatic carbocycles. The van der Waals surface area contributed by atoms with E-state index in [9.17, 15) is 4.79 Å². The summed E-state index contributed by atoms with van der Waals surface area (Å²) in [5.41, 5.74) is 0.729. The van der Waals surface area contributed by atoms with Crippen molar-refractivity contribution >= 4 is 17.6 Å². The summed E-state index contributed by atoms with van der Waals surface area (Å²) in [4.78, 5) is 11.0. The number of ether oxygens (including phenoxy) is 2. The Morgan fingerprint density at radius 3 is 2.71 bits per heavy atom. The third-order valence-electron chi connectivity index (χ3n) is 1.80. The van der Waals surface area contributed by atoms with Crippen molar-refractivity contribution in [2.75, 3.05) is 14.2 Å². The van der Waals surface area contributed by atoms with E-state index in [0.29, 0.717) is 10.8 Å².